The van der Waals surface area contributed by atoms with Crippen LogP contribution in [0.4, 0.5) is 5.69 Å². The minimum atomic E-state index is -0.858. The maximum atomic E-state index is 12.8. The fraction of sp³-hybridized carbons (Fsp3) is 0.562. The van der Waals surface area contributed by atoms with E-state index in [1.165, 1.54) is 0 Å². The maximum Gasteiger partial charge on any atom is 0.245 e. The van der Waals surface area contributed by atoms with E-state index in [1.807, 2.05) is 44.4 Å². The summed E-state index contributed by atoms with van der Waals surface area (Å²) in [7, 11) is 0. The lowest BCUT2D eigenvalue weighted by Gasteiger charge is -2.60. The zero-order valence-corrected chi connectivity index (χ0v) is 13.5. The second-order valence-corrected chi connectivity index (χ2v) is 7.34. The quantitative estimate of drug-likeness (QED) is 0.842. The fourth-order valence-corrected chi connectivity index (χ4v) is 4.24. The summed E-state index contributed by atoms with van der Waals surface area (Å²) in [6, 6.07) is 7.83. The molecule has 0 spiro atoms. The van der Waals surface area contributed by atoms with Gasteiger partial charge in [-0.15, -0.1) is 11.8 Å². The molecule has 1 saturated heterocycles. The zero-order chi connectivity index (χ0) is 15.3. The van der Waals surface area contributed by atoms with Gasteiger partial charge in [0, 0.05) is 28.5 Å². The van der Waals surface area contributed by atoms with Crippen molar-refractivity contribution in [3.63, 3.8) is 0 Å². The van der Waals surface area contributed by atoms with E-state index >= 15 is 0 Å². The van der Waals surface area contributed by atoms with E-state index in [0.717, 1.165) is 17.0 Å². The van der Waals surface area contributed by atoms with Crippen LogP contribution in [-0.4, -0.2) is 30.4 Å². The Morgan fingerprint density at radius 3 is 2.95 bits per heavy atom. The highest BCUT2D eigenvalue weighted by Crippen LogP contribution is 2.58. The summed E-state index contributed by atoms with van der Waals surface area (Å²) in [4.78, 5) is 13.9. The number of anilines is 1. The van der Waals surface area contributed by atoms with Crippen LogP contribution in [0.3, 0.4) is 0 Å². The van der Waals surface area contributed by atoms with Crippen LogP contribution >= 0.6 is 11.8 Å². The smallest absolute Gasteiger partial charge is 0.245 e. The third kappa shape index (κ3) is 2.02. The fourth-order valence-electron chi connectivity index (χ4n) is 3.78. The molecule has 1 aromatic rings. The highest BCUT2D eigenvalue weighted by atomic mass is 32.2. The first-order valence-corrected chi connectivity index (χ1v) is 8.49. The second-order valence-electron chi connectivity index (χ2n) is 6.46. The molecule has 5 heteroatoms. The van der Waals surface area contributed by atoms with Crippen LogP contribution in [0, 0.1) is 11.3 Å². The number of thioether (sulfide) groups is 1. The molecule has 0 bridgehead atoms. The number of carbonyl (C=O) groups excluding carboxylic acids is 1. The molecule has 4 nitrogen and oxygen atoms in total. The molecule has 3 N–H and O–H groups in total. The van der Waals surface area contributed by atoms with Crippen LogP contribution in [0.5, 0.6) is 0 Å². The van der Waals surface area contributed by atoms with Gasteiger partial charge >= 0.3 is 0 Å². The van der Waals surface area contributed by atoms with E-state index in [1.54, 1.807) is 11.8 Å². The molecule has 114 valence electrons. The predicted molar refractivity (Wildman–Crippen MR) is 85.4 cm³/mol. The lowest BCUT2D eigenvalue weighted by Crippen LogP contribution is -2.79. The molecule has 3 rings (SSSR count). The van der Waals surface area contributed by atoms with Crippen molar-refractivity contribution in [1.82, 2.24) is 0 Å². The van der Waals surface area contributed by atoms with Gasteiger partial charge in [0.2, 0.25) is 5.91 Å². The van der Waals surface area contributed by atoms with Gasteiger partial charge in [0.15, 0.2) is 0 Å². The Morgan fingerprint density at radius 1 is 1.48 bits per heavy atom. The summed E-state index contributed by atoms with van der Waals surface area (Å²) in [5.74, 6) is 0.0220. The molecular formula is C16H22N2O2S. The Balaban J connectivity index is 1.81. The van der Waals surface area contributed by atoms with Crippen molar-refractivity contribution in [2.45, 2.75) is 36.8 Å². The van der Waals surface area contributed by atoms with E-state index in [0.29, 0.717) is 6.61 Å². The first-order valence-electron chi connectivity index (χ1n) is 7.27. The molecule has 2 fully saturated rings. The summed E-state index contributed by atoms with van der Waals surface area (Å²) in [5.41, 5.74) is 6.14. The number of nitrogens with two attached hydrogens (primary N) is 1. The van der Waals surface area contributed by atoms with Crippen molar-refractivity contribution in [1.29, 1.82) is 0 Å². The number of hydrogen-bond donors (Lipinski definition) is 2. The standard InChI is InChI=1S/C16H22N2O2S/c1-15(2)13-12(7-8-20-13)16(15,17)14(19)18-10-5-4-6-11(9-10)21-3/h4-6,9,12-13H,7-8,17H2,1-3H3,(H,18,19). The molecule has 1 aliphatic carbocycles. The average molecular weight is 306 g/mol. The molecule has 1 aliphatic heterocycles. The first kappa shape index (κ1) is 14.9. The van der Waals surface area contributed by atoms with Gasteiger partial charge in [0.05, 0.1) is 6.10 Å². The number of amides is 1. The normalized spacial score (nSPS) is 33.1. The molecule has 1 saturated carbocycles. The van der Waals surface area contributed by atoms with Crippen LogP contribution in [0.2, 0.25) is 0 Å². The van der Waals surface area contributed by atoms with Gasteiger partial charge < -0.3 is 15.8 Å². The van der Waals surface area contributed by atoms with Crippen LogP contribution in [0.15, 0.2) is 29.2 Å². The van der Waals surface area contributed by atoms with Gasteiger partial charge in [-0.05, 0) is 30.9 Å². The van der Waals surface area contributed by atoms with Gasteiger partial charge in [-0.2, -0.15) is 0 Å². The van der Waals surface area contributed by atoms with E-state index in [2.05, 4.69) is 5.32 Å². The summed E-state index contributed by atoms with van der Waals surface area (Å²) >= 11 is 1.65. The van der Waals surface area contributed by atoms with E-state index in [-0.39, 0.29) is 23.3 Å². The molecule has 0 radical (unpaired) electrons. The topological polar surface area (TPSA) is 64.4 Å². The first-order chi connectivity index (χ1) is 9.91. The largest absolute Gasteiger partial charge is 0.377 e. The molecular weight excluding hydrogens is 284 g/mol. The monoisotopic (exact) mass is 306 g/mol. The molecule has 1 heterocycles. The molecule has 21 heavy (non-hydrogen) atoms. The van der Waals surface area contributed by atoms with E-state index in [9.17, 15) is 4.79 Å². The minimum Gasteiger partial charge on any atom is -0.377 e. The Labute approximate surface area is 129 Å². The summed E-state index contributed by atoms with van der Waals surface area (Å²) in [5, 5.41) is 2.99. The molecule has 1 amide bonds. The SMILES string of the molecule is CSc1cccc(NC(=O)C2(N)C3CCOC3C2(C)C)c1. The second kappa shape index (κ2) is 5.00. The van der Waals surface area contributed by atoms with Crippen molar-refractivity contribution in [3.05, 3.63) is 24.3 Å². The van der Waals surface area contributed by atoms with Gasteiger partial charge in [-0.25, -0.2) is 0 Å². The summed E-state index contributed by atoms with van der Waals surface area (Å²) in [6.07, 6.45) is 2.98. The molecule has 1 aromatic carbocycles. The van der Waals surface area contributed by atoms with E-state index in [4.69, 9.17) is 10.5 Å². The van der Waals surface area contributed by atoms with Gasteiger partial charge in [-0.1, -0.05) is 19.9 Å². The van der Waals surface area contributed by atoms with Crippen LogP contribution < -0.4 is 11.1 Å². The van der Waals surface area contributed by atoms with Crippen molar-refractivity contribution >= 4 is 23.4 Å². The summed E-state index contributed by atoms with van der Waals surface area (Å²) < 4.78 is 5.74. The number of hydrogen-bond acceptors (Lipinski definition) is 4. The molecule has 0 aromatic heterocycles. The van der Waals surface area contributed by atoms with E-state index < -0.39 is 5.54 Å². The molecule has 3 unspecified atom stereocenters. The van der Waals surface area contributed by atoms with Crippen molar-refractivity contribution < 1.29 is 9.53 Å². The molecule has 3 atom stereocenters. The van der Waals surface area contributed by atoms with Crippen LogP contribution in [0.25, 0.3) is 0 Å². The van der Waals surface area contributed by atoms with Gasteiger partial charge in [0.25, 0.3) is 0 Å². The highest BCUT2D eigenvalue weighted by Gasteiger charge is 2.71. The zero-order valence-electron chi connectivity index (χ0n) is 12.7. The lowest BCUT2D eigenvalue weighted by molar-refractivity contribution is -0.170. The number of rotatable bonds is 3. The average Bonchev–Trinajstić information content (AvgIpc) is 2.94. The van der Waals surface area contributed by atoms with Crippen LogP contribution in [0.1, 0.15) is 20.3 Å². The molecule has 2 aliphatic rings. The van der Waals surface area contributed by atoms with Crippen molar-refractivity contribution in [2.75, 3.05) is 18.2 Å². The maximum absolute atomic E-state index is 12.8. The third-order valence-corrected chi connectivity index (χ3v) is 5.88. The Hall–Kier alpha value is -1.04. The number of ether oxygens (including phenoxy) is 1. The Morgan fingerprint density at radius 2 is 2.24 bits per heavy atom. The number of nitrogens with one attached hydrogen (secondary N) is 1. The number of carbonyl (C=O) groups is 1. The van der Waals surface area contributed by atoms with Crippen LogP contribution in [-0.2, 0) is 9.53 Å². The number of fused-ring (bicyclic) bond motifs is 1. The van der Waals surface area contributed by atoms with Crippen molar-refractivity contribution in [3.8, 4) is 0 Å². The lowest BCUT2D eigenvalue weighted by atomic mass is 9.48. The summed E-state index contributed by atoms with van der Waals surface area (Å²) in [6.45, 7) is 4.75. The van der Waals surface area contributed by atoms with Gasteiger partial charge in [-0.3, -0.25) is 4.79 Å². The van der Waals surface area contributed by atoms with Crippen molar-refractivity contribution in [2.24, 2.45) is 17.1 Å². The Bertz CT molecular complexity index is 575. The van der Waals surface area contributed by atoms with Gasteiger partial charge in [0.1, 0.15) is 5.54 Å². The Kier molecular flexibility index (Phi) is 3.55. The number of benzene rings is 1. The highest BCUT2D eigenvalue weighted by molar-refractivity contribution is 7.98. The third-order valence-electron chi connectivity index (χ3n) is 5.16. The minimum absolute atomic E-state index is 0.0995. The predicted octanol–water partition coefficient (Wildman–Crippen LogP) is 2.49.